The molecule has 13 heavy (non-hydrogen) atoms. The minimum Gasteiger partial charge on any atom is -0.497 e. The number of hydrogen-bond acceptors (Lipinski definition) is 3. The largest absolute Gasteiger partial charge is 0.497 e. The van der Waals surface area contributed by atoms with Gasteiger partial charge in [0.2, 0.25) is 0 Å². The molecule has 1 aromatic carbocycles. The first kappa shape index (κ1) is 10.0. The molecule has 0 bridgehead atoms. The predicted octanol–water partition coefficient (Wildman–Crippen LogP) is 1.04. The third-order valence-corrected chi connectivity index (χ3v) is 2.00. The van der Waals surface area contributed by atoms with Crippen LogP contribution in [0.1, 0.15) is 18.0 Å². The van der Waals surface area contributed by atoms with E-state index >= 15 is 0 Å². The number of nitrogens with two attached hydrogens (primary N) is 2. The molecule has 0 aliphatic heterocycles. The van der Waals surface area contributed by atoms with Crippen LogP contribution >= 0.6 is 0 Å². The summed E-state index contributed by atoms with van der Waals surface area (Å²) < 4.78 is 5.10. The average molecular weight is 180 g/mol. The van der Waals surface area contributed by atoms with E-state index in [1.165, 1.54) is 0 Å². The Hall–Kier alpha value is -1.06. The van der Waals surface area contributed by atoms with Gasteiger partial charge in [-0.15, -0.1) is 0 Å². The highest BCUT2D eigenvalue weighted by Gasteiger charge is 2.04. The summed E-state index contributed by atoms with van der Waals surface area (Å²) >= 11 is 0. The summed E-state index contributed by atoms with van der Waals surface area (Å²) in [4.78, 5) is 0. The van der Waals surface area contributed by atoms with E-state index in [1.807, 2.05) is 24.3 Å². The van der Waals surface area contributed by atoms with Crippen molar-refractivity contribution < 1.29 is 4.74 Å². The molecule has 0 fully saturated rings. The van der Waals surface area contributed by atoms with E-state index in [0.717, 1.165) is 17.7 Å². The molecule has 72 valence electrons. The van der Waals surface area contributed by atoms with Crippen LogP contribution in [0.2, 0.25) is 0 Å². The van der Waals surface area contributed by atoms with Gasteiger partial charge >= 0.3 is 0 Å². The van der Waals surface area contributed by atoms with Crippen molar-refractivity contribution in [1.29, 1.82) is 0 Å². The van der Waals surface area contributed by atoms with Crippen molar-refractivity contribution in [1.82, 2.24) is 0 Å². The van der Waals surface area contributed by atoms with Crippen LogP contribution in [0.5, 0.6) is 5.75 Å². The van der Waals surface area contributed by atoms with Gasteiger partial charge in [0.15, 0.2) is 0 Å². The molecule has 0 aromatic heterocycles. The Morgan fingerprint density at radius 2 is 2.23 bits per heavy atom. The maximum Gasteiger partial charge on any atom is 0.119 e. The van der Waals surface area contributed by atoms with Gasteiger partial charge in [0.1, 0.15) is 5.75 Å². The minimum atomic E-state index is 0.0140. The van der Waals surface area contributed by atoms with Gasteiger partial charge < -0.3 is 16.2 Å². The lowest BCUT2D eigenvalue weighted by atomic mass is 10.0. The van der Waals surface area contributed by atoms with Gasteiger partial charge in [-0.25, -0.2) is 0 Å². The van der Waals surface area contributed by atoms with E-state index in [4.69, 9.17) is 16.2 Å². The number of rotatable bonds is 4. The summed E-state index contributed by atoms with van der Waals surface area (Å²) in [5.74, 6) is 0.838. The average Bonchev–Trinajstić information content (AvgIpc) is 2.18. The van der Waals surface area contributed by atoms with E-state index in [1.54, 1.807) is 7.11 Å². The second-order valence-electron chi connectivity index (χ2n) is 2.96. The highest BCUT2D eigenvalue weighted by molar-refractivity contribution is 5.30. The third kappa shape index (κ3) is 2.72. The van der Waals surface area contributed by atoms with Crippen molar-refractivity contribution in [3.63, 3.8) is 0 Å². The highest BCUT2D eigenvalue weighted by Crippen LogP contribution is 2.18. The van der Waals surface area contributed by atoms with Gasteiger partial charge in [-0.3, -0.25) is 0 Å². The Balaban J connectivity index is 2.75. The summed E-state index contributed by atoms with van der Waals surface area (Å²) in [5.41, 5.74) is 12.4. The van der Waals surface area contributed by atoms with Crippen LogP contribution in [0, 0.1) is 0 Å². The van der Waals surface area contributed by atoms with Crippen molar-refractivity contribution in [3.8, 4) is 5.75 Å². The zero-order valence-corrected chi connectivity index (χ0v) is 7.86. The molecule has 3 nitrogen and oxygen atoms in total. The Morgan fingerprint density at radius 1 is 1.46 bits per heavy atom. The molecule has 0 aliphatic carbocycles. The fourth-order valence-electron chi connectivity index (χ4n) is 1.22. The maximum absolute atomic E-state index is 5.89. The molecule has 1 unspecified atom stereocenters. The van der Waals surface area contributed by atoms with Gasteiger partial charge in [-0.05, 0) is 30.7 Å². The smallest absolute Gasteiger partial charge is 0.119 e. The third-order valence-electron chi connectivity index (χ3n) is 2.00. The number of ether oxygens (including phenoxy) is 1. The van der Waals surface area contributed by atoms with Crippen LogP contribution in [0.25, 0.3) is 0 Å². The summed E-state index contributed by atoms with van der Waals surface area (Å²) in [6.45, 7) is 0.610. The summed E-state index contributed by atoms with van der Waals surface area (Å²) in [6.07, 6.45) is 0.799. The van der Waals surface area contributed by atoms with E-state index in [0.29, 0.717) is 6.54 Å². The molecule has 0 amide bonds. The molecule has 1 rings (SSSR count). The topological polar surface area (TPSA) is 61.3 Å². The SMILES string of the molecule is COc1cccc(C(N)CCN)c1. The normalized spacial score (nSPS) is 12.5. The fraction of sp³-hybridized carbons (Fsp3) is 0.400. The highest BCUT2D eigenvalue weighted by atomic mass is 16.5. The van der Waals surface area contributed by atoms with Crippen LogP contribution < -0.4 is 16.2 Å². The quantitative estimate of drug-likeness (QED) is 0.728. The van der Waals surface area contributed by atoms with Gasteiger partial charge in [-0.2, -0.15) is 0 Å². The van der Waals surface area contributed by atoms with Crippen molar-refractivity contribution in [2.75, 3.05) is 13.7 Å². The zero-order chi connectivity index (χ0) is 9.68. The Labute approximate surface area is 78.7 Å². The molecule has 0 radical (unpaired) electrons. The molecular weight excluding hydrogens is 164 g/mol. The molecule has 0 saturated heterocycles. The lowest BCUT2D eigenvalue weighted by Gasteiger charge is -2.11. The van der Waals surface area contributed by atoms with Crippen molar-refractivity contribution in [3.05, 3.63) is 29.8 Å². The summed E-state index contributed by atoms with van der Waals surface area (Å²) in [6, 6.07) is 7.78. The number of methoxy groups -OCH3 is 1. The van der Waals surface area contributed by atoms with Crippen LogP contribution in [0.4, 0.5) is 0 Å². The second kappa shape index (κ2) is 4.84. The first-order valence-corrected chi connectivity index (χ1v) is 4.37. The first-order chi connectivity index (χ1) is 6.27. The lowest BCUT2D eigenvalue weighted by molar-refractivity contribution is 0.413. The second-order valence-corrected chi connectivity index (χ2v) is 2.96. The monoisotopic (exact) mass is 180 g/mol. The van der Waals surface area contributed by atoms with Crippen molar-refractivity contribution in [2.24, 2.45) is 11.5 Å². The molecule has 0 saturated carbocycles. The van der Waals surface area contributed by atoms with Crippen molar-refractivity contribution >= 4 is 0 Å². The van der Waals surface area contributed by atoms with Gasteiger partial charge in [0.25, 0.3) is 0 Å². The first-order valence-electron chi connectivity index (χ1n) is 4.37. The van der Waals surface area contributed by atoms with Gasteiger partial charge in [0, 0.05) is 6.04 Å². The minimum absolute atomic E-state index is 0.0140. The molecule has 0 heterocycles. The molecule has 3 heteroatoms. The molecule has 1 aromatic rings. The van der Waals surface area contributed by atoms with Gasteiger partial charge in [0.05, 0.1) is 7.11 Å². The van der Waals surface area contributed by atoms with Gasteiger partial charge in [-0.1, -0.05) is 12.1 Å². The maximum atomic E-state index is 5.89. The molecule has 1 atom stereocenters. The molecule has 0 aliphatic rings. The van der Waals surface area contributed by atoms with E-state index in [-0.39, 0.29) is 6.04 Å². The van der Waals surface area contributed by atoms with Crippen LogP contribution in [0.3, 0.4) is 0 Å². The molecule has 4 N–H and O–H groups in total. The lowest BCUT2D eigenvalue weighted by Crippen LogP contribution is -2.15. The van der Waals surface area contributed by atoms with Crippen LogP contribution in [-0.4, -0.2) is 13.7 Å². The Kier molecular flexibility index (Phi) is 3.73. The van der Waals surface area contributed by atoms with Crippen LogP contribution in [-0.2, 0) is 0 Å². The zero-order valence-electron chi connectivity index (χ0n) is 7.86. The standard InChI is InChI=1S/C10H16N2O/c1-13-9-4-2-3-8(7-9)10(12)5-6-11/h2-4,7,10H,5-6,11-12H2,1H3. The number of benzene rings is 1. The summed E-state index contributed by atoms with van der Waals surface area (Å²) in [5, 5.41) is 0. The fourth-order valence-corrected chi connectivity index (χ4v) is 1.22. The summed E-state index contributed by atoms with van der Waals surface area (Å²) in [7, 11) is 1.65. The van der Waals surface area contributed by atoms with E-state index < -0.39 is 0 Å². The van der Waals surface area contributed by atoms with E-state index in [2.05, 4.69) is 0 Å². The molecular formula is C10H16N2O. The van der Waals surface area contributed by atoms with E-state index in [9.17, 15) is 0 Å². The number of hydrogen-bond donors (Lipinski definition) is 2. The molecule has 0 spiro atoms. The predicted molar refractivity (Wildman–Crippen MR) is 53.6 cm³/mol. The van der Waals surface area contributed by atoms with Crippen molar-refractivity contribution in [2.45, 2.75) is 12.5 Å². The Bertz CT molecular complexity index is 263. The van der Waals surface area contributed by atoms with Crippen LogP contribution in [0.15, 0.2) is 24.3 Å². The Morgan fingerprint density at radius 3 is 2.85 bits per heavy atom.